The van der Waals surface area contributed by atoms with Gasteiger partial charge in [0.15, 0.2) is 0 Å². The Morgan fingerprint density at radius 1 is 1.27 bits per heavy atom. The molecular weight excluding hydrogens is 202 g/mol. The lowest BCUT2D eigenvalue weighted by atomic mass is 9.87. The van der Waals surface area contributed by atoms with Gasteiger partial charge in [-0.05, 0) is 42.9 Å². The Kier molecular flexibility index (Phi) is 4.00. The highest BCUT2D eigenvalue weighted by Crippen LogP contribution is 2.33. The van der Waals surface area contributed by atoms with Gasteiger partial charge in [-0.25, -0.2) is 0 Å². The van der Waals surface area contributed by atoms with E-state index in [0.717, 1.165) is 12.0 Å². The van der Waals surface area contributed by atoms with Gasteiger partial charge in [-0.15, -0.1) is 0 Å². The van der Waals surface area contributed by atoms with E-state index in [0.29, 0.717) is 5.41 Å². The molecule has 0 amide bonds. The quantitative estimate of drug-likeness (QED) is 0.794. The SMILES string of the molecule is CC1(C)CSCC(NCC2CCCC2)C1. The molecule has 1 heterocycles. The first-order valence-electron chi connectivity index (χ1n) is 6.47. The van der Waals surface area contributed by atoms with Gasteiger partial charge in [0.05, 0.1) is 0 Å². The molecule has 2 aliphatic rings. The number of thioether (sulfide) groups is 1. The second-order valence-electron chi connectivity index (χ2n) is 6.14. The van der Waals surface area contributed by atoms with Crippen molar-refractivity contribution in [3.05, 3.63) is 0 Å². The maximum atomic E-state index is 3.80. The molecule has 0 aromatic heterocycles. The van der Waals surface area contributed by atoms with Gasteiger partial charge in [-0.3, -0.25) is 0 Å². The Hall–Kier alpha value is 0.310. The molecular formula is C13H25NS. The van der Waals surface area contributed by atoms with Crippen molar-refractivity contribution in [2.45, 2.75) is 52.0 Å². The van der Waals surface area contributed by atoms with E-state index in [1.165, 1.54) is 50.2 Å². The summed E-state index contributed by atoms with van der Waals surface area (Å²) in [4.78, 5) is 0. The predicted octanol–water partition coefficient (Wildman–Crippen LogP) is 3.30. The van der Waals surface area contributed by atoms with Gasteiger partial charge in [-0.2, -0.15) is 11.8 Å². The predicted molar refractivity (Wildman–Crippen MR) is 69.5 cm³/mol. The maximum absolute atomic E-state index is 3.80. The molecule has 15 heavy (non-hydrogen) atoms. The number of hydrogen-bond donors (Lipinski definition) is 1. The summed E-state index contributed by atoms with van der Waals surface area (Å²) >= 11 is 2.13. The fourth-order valence-electron chi connectivity index (χ4n) is 2.94. The standard InChI is InChI=1S/C13H25NS/c1-13(2)7-12(9-15-10-13)14-8-11-5-3-4-6-11/h11-12,14H,3-10H2,1-2H3. The molecule has 0 bridgehead atoms. The van der Waals surface area contributed by atoms with Crippen molar-refractivity contribution in [1.29, 1.82) is 0 Å². The molecule has 2 rings (SSSR count). The summed E-state index contributed by atoms with van der Waals surface area (Å²) in [5, 5.41) is 3.80. The second kappa shape index (κ2) is 5.09. The zero-order valence-corrected chi connectivity index (χ0v) is 11.0. The van der Waals surface area contributed by atoms with Gasteiger partial charge in [0, 0.05) is 11.8 Å². The Balaban J connectivity index is 1.69. The minimum Gasteiger partial charge on any atom is -0.313 e. The highest BCUT2D eigenvalue weighted by Gasteiger charge is 2.28. The summed E-state index contributed by atoms with van der Waals surface area (Å²) < 4.78 is 0. The minimum atomic E-state index is 0.552. The Morgan fingerprint density at radius 3 is 2.67 bits per heavy atom. The van der Waals surface area contributed by atoms with Gasteiger partial charge in [0.1, 0.15) is 0 Å². The van der Waals surface area contributed by atoms with Gasteiger partial charge in [0.25, 0.3) is 0 Å². The smallest absolute Gasteiger partial charge is 0.0163 e. The third-order valence-electron chi connectivity index (χ3n) is 3.78. The molecule has 1 aliphatic carbocycles. The summed E-state index contributed by atoms with van der Waals surface area (Å²) in [6, 6.07) is 0.777. The lowest BCUT2D eigenvalue weighted by Crippen LogP contribution is -2.41. The Bertz CT molecular complexity index is 197. The highest BCUT2D eigenvalue weighted by molar-refractivity contribution is 7.99. The summed E-state index contributed by atoms with van der Waals surface area (Å²) in [7, 11) is 0. The van der Waals surface area contributed by atoms with Crippen LogP contribution < -0.4 is 5.32 Å². The van der Waals surface area contributed by atoms with E-state index in [4.69, 9.17) is 0 Å². The summed E-state index contributed by atoms with van der Waals surface area (Å²) in [6.45, 7) is 6.09. The molecule has 88 valence electrons. The summed E-state index contributed by atoms with van der Waals surface area (Å²) in [5.41, 5.74) is 0.552. The molecule has 1 nitrogen and oxygen atoms in total. The van der Waals surface area contributed by atoms with E-state index in [9.17, 15) is 0 Å². The van der Waals surface area contributed by atoms with Gasteiger partial charge < -0.3 is 5.32 Å². The van der Waals surface area contributed by atoms with Crippen molar-refractivity contribution in [2.24, 2.45) is 11.3 Å². The molecule has 1 saturated heterocycles. The summed E-state index contributed by atoms with van der Waals surface area (Å²) in [5.74, 6) is 3.66. The fraction of sp³-hybridized carbons (Fsp3) is 1.00. The van der Waals surface area contributed by atoms with Crippen molar-refractivity contribution in [2.75, 3.05) is 18.1 Å². The van der Waals surface area contributed by atoms with E-state index in [1.54, 1.807) is 0 Å². The zero-order chi connectivity index (χ0) is 10.7. The highest BCUT2D eigenvalue weighted by atomic mass is 32.2. The summed E-state index contributed by atoms with van der Waals surface area (Å²) in [6.07, 6.45) is 7.24. The molecule has 0 radical (unpaired) electrons. The van der Waals surface area contributed by atoms with E-state index >= 15 is 0 Å². The zero-order valence-electron chi connectivity index (χ0n) is 10.2. The monoisotopic (exact) mass is 227 g/mol. The van der Waals surface area contributed by atoms with Crippen LogP contribution in [0.4, 0.5) is 0 Å². The van der Waals surface area contributed by atoms with Crippen LogP contribution in [-0.4, -0.2) is 24.1 Å². The molecule has 1 N–H and O–H groups in total. The van der Waals surface area contributed by atoms with E-state index in [-0.39, 0.29) is 0 Å². The topological polar surface area (TPSA) is 12.0 Å². The van der Waals surface area contributed by atoms with Crippen LogP contribution in [0.1, 0.15) is 46.0 Å². The minimum absolute atomic E-state index is 0.552. The third-order valence-corrected chi connectivity index (χ3v) is 5.40. The molecule has 2 fully saturated rings. The number of rotatable bonds is 3. The van der Waals surface area contributed by atoms with E-state index < -0.39 is 0 Å². The molecule has 0 aromatic carbocycles. The molecule has 0 aromatic rings. The van der Waals surface area contributed by atoms with Crippen molar-refractivity contribution in [3.63, 3.8) is 0 Å². The second-order valence-corrected chi connectivity index (χ2v) is 7.17. The lowest BCUT2D eigenvalue weighted by molar-refractivity contribution is 0.307. The van der Waals surface area contributed by atoms with Crippen LogP contribution in [0.5, 0.6) is 0 Å². The van der Waals surface area contributed by atoms with Crippen molar-refractivity contribution in [1.82, 2.24) is 5.32 Å². The van der Waals surface area contributed by atoms with Crippen LogP contribution in [0, 0.1) is 11.3 Å². The number of nitrogens with one attached hydrogen (secondary N) is 1. The van der Waals surface area contributed by atoms with Crippen LogP contribution in [0.15, 0.2) is 0 Å². The average molecular weight is 227 g/mol. The molecule has 0 spiro atoms. The first kappa shape index (κ1) is 11.8. The van der Waals surface area contributed by atoms with Crippen LogP contribution in [0.2, 0.25) is 0 Å². The fourth-order valence-corrected chi connectivity index (χ4v) is 4.25. The van der Waals surface area contributed by atoms with Crippen LogP contribution in [0.25, 0.3) is 0 Å². The largest absolute Gasteiger partial charge is 0.313 e. The average Bonchev–Trinajstić information content (AvgIpc) is 2.65. The third kappa shape index (κ3) is 3.67. The Labute approximate surface area is 98.8 Å². The maximum Gasteiger partial charge on any atom is 0.0163 e. The van der Waals surface area contributed by atoms with Crippen molar-refractivity contribution >= 4 is 11.8 Å². The van der Waals surface area contributed by atoms with E-state index in [2.05, 4.69) is 30.9 Å². The molecule has 1 aliphatic heterocycles. The van der Waals surface area contributed by atoms with Crippen molar-refractivity contribution in [3.8, 4) is 0 Å². The normalized spacial score (nSPS) is 32.0. The Morgan fingerprint density at radius 2 is 2.00 bits per heavy atom. The van der Waals surface area contributed by atoms with Gasteiger partial charge >= 0.3 is 0 Å². The first-order valence-corrected chi connectivity index (χ1v) is 7.62. The lowest BCUT2D eigenvalue weighted by Gasteiger charge is -2.35. The van der Waals surface area contributed by atoms with Crippen LogP contribution >= 0.6 is 11.8 Å². The van der Waals surface area contributed by atoms with E-state index in [1.807, 2.05) is 0 Å². The molecule has 1 unspecified atom stereocenters. The molecule has 1 atom stereocenters. The molecule has 2 heteroatoms. The number of hydrogen-bond acceptors (Lipinski definition) is 2. The molecule has 1 saturated carbocycles. The van der Waals surface area contributed by atoms with Crippen molar-refractivity contribution < 1.29 is 0 Å². The van der Waals surface area contributed by atoms with Gasteiger partial charge in [0.2, 0.25) is 0 Å². The van der Waals surface area contributed by atoms with Crippen LogP contribution in [0.3, 0.4) is 0 Å². The van der Waals surface area contributed by atoms with Crippen LogP contribution in [-0.2, 0) is 0 Å². The van der Waals surface area contributed by atoms with Gasteiger partial charge in [-0.1, -0.05) is 26.7 Å². The first-order chi connectivity index (χ1) is 7.16.